The molecule has 1 aliphatic heterocycles. The summed E-state index contributed by atoms with van der Waals surface area (Å²) < 4.78 is 5.70. The predicted molar refractivity (Wildman–Crippen MR) is 112 cm³/mol. The van der Waals surface area contributed by atoms with Gasteiger partial charge in [0.1, 0.15) is 11.5 Å². The van der Waals surface area contributed by atoms with Gasteiger partial charge < -0.3 is 14.7 Å². The third-order valence-corrected chi connectivity index (χ3v) is 5.10. The van der Waals surface area contributed by atoms with Gasteiger partial charge in [0.05, 0.1) is 11.7 Å². The molecule has 0 amide bonds. The molecule has 5 heterocycles. The van der Waals surface area contributed by atoms with Gasteiger partial charge in [0.25, 0.3) is 0 Å². The van der Waals surface area contributed by atoms with Gasteiger partial charge in [-0.2, -0.15) is 10.1 Å². The van der Waals surface area contributed by atoms with Gasteiger partial charge in [0.2, 0.25) is 5.95 Å². The molecule has 2 N–H and O–H groups in total. The van der Waals surface area contributed by atoms with Crippen LogP contribution in [-0.4, -0.2) is 36.9 Å². The van der Waals surface area contributed by atoms with Gasteiger partial charge in [-0.3, -0.25) is 10.1 Å². The number of aromatic amines is 1. The highest BCUT2D eigenvalue weighted by molar-refractivity contribution is 5.56. The zero-order valence-electron chi connectivity index (χ0n) is 16.8. The van der Waals surface area contributed by atoms with E-state index in [1.54, 1.807) is 6.20 Å². The third kappa shape index (κ3) is 3.61. The summed E-state index contributed by atoms with van der Waals surface area (Å²) in [4.78, 5) is 15.9. The molecule has 0 saturated carbocycles. The summed E-state index contributed by atoms with van der Waals surface area (Å²) in [6.07, 6.45) is 3.74. The monoisotopic (exact) mass is 402 g/mol. The molecule has 1 aliphatic rings. The maximum atomic E-state index is 5.70. The Morgan fingerprint density at radius 2 is 2.03 bits per heavy atom. The summed E-state index contributed by atoms with van der Waals surface area (Å²) in [5.41, 5.74) is 3.40. The number of rotatable bonds is 5. The fourth-order valence-electron chi connectivity index (χ4n) is 3.74. The van der Waals surface area contributed by atoms with Gasteiger partial charge in [-0.05, 0) is 38.8 Å². The standard InChI is InChI=1S/C21H22N8O/c1-13-10-19(24-20-11-14(2)26-27-20)25-21(23-13)29-9-5-7-17(29)18-12-16(28-30-18)15-6-3-4-8-22-15/h3-4,6,8,10-12,17H,5,7,9H2,1-2H3,(H2,23,24,25,26,27)/t17-/m0/s1. The van der Waals surface area contributed by atoms with Crippen molar-refractivity contribution in [2.75, 3.05) is 16.8 Å². The van der Waals surface area contributed by atoms with Crippen LogP contribution >= 0.6 is 0 Å². The van der Waals surface area contributed by atoms with Crippen molar-refractivity contribution < 1.29 is 4.52 Å². The number of pyridine rings is 1. The molecular formula is C21H22N8O. The molecule has 0 spiro atoms. The topological polar surface area (TPSA) is 109 Å². The highest BCUT2D eigenvalue weighted by Crippen LogP contribution is 2.36. The van der Waals surface area contributed by atoms with Crippen LogP contribution in [0.5, 0.6) is 0 Å². The van der Waals surface area contributed by atoms with Gasteiger partial charge in [-0.1, -0.05) is 11.2 Å². The molecule has 4 aromatic heterocycles. The summed E-state index contributed by atoms with van der Waals surface area (Å²) in [5.74, 6) is 2.91. The first-order chi connectivity index (χ1) is 14.7. The van der Waals surface area contributed by atoms with Crippen molar-refractivity contribution >= 4 is 17.6 Å². The lowest BCUT2D eigenvalue weighted by molar-refractivity contribution is 0.362. The minimum absolute atomic E-state index is 0.0391. The van der Waals surface area contributed by atoms with Crippen LogP contribution in [0.15, 0.2) is 47.1 Å². The van der Waals surface area contributed by atoms with E-state index in [0.717, 1.165) is 53.7 Å². The molecule has 0 unspecified atom stereocenters. The van der Waals surface area contributed by atoms with Crippen LogP contribution in [0.4, 0.5) is 17.6 Å². The predicted octanol–water partition coefficient (Wildman–Crippen LogP) is 3.95. The molecule has 0 radical (unpaired) electrons. The normalized spacial score (nSPS) is 16.2. The molecular weight excluding hydrogens is 380 g/mol. The average molecular weight is 402 g/mol. The number of nitrogens with one attached hydrogen (secondary N) is 2. The van der Waals surface area contributed by atoms with Crippen molar-refractivity contribution in [2.45, 2.75) is 32.7 Å². The van der Waals surface area contributed by atoms with E-state index in [2.05, 4.69) is 35.5 Å². The maximum Gasteiger partial charge on any atom is 0.228 e. The average Bonchev–Trinajstić information content (AvgIpc) is 3.48. The lowest BCUT2D eigenvalue weighted by Gasteiger charge is -2.23. The van der Waals surface area contributed by atoms with Crippen LogP contribution < -0.4 is 10.2 Å². The molecule has 0 aliphatic carbocycles. The number of H-pyrrole nitrogens is 1. The highest BCUT2D eigenvalue weighted by atomic mass is 16.5. The zero-order valence-corrected chi connectivity index (χ0v) is 16.8. The van der Waals surface area contributed by atoms with E-state index in [0.29, 0.717) is 11.8 Å². The second-order valence-corrected chi connectivity index (χ2v) is 7.44. The number of hydrogen-bond acceptors (Lipinski definition) is 8. The summed E-state index contributed by atoms with van der Waals surface area (Å²) in [5, 5.41) is 14.6. The number of aromatic nitrogens is 6. The fraction of sp³-hybridized carbons (Fsp3) is 0.286. The number of nitrogens with zero attached hydrogens (tertiary/aromatic N) is 6. The van der Waals surface area contributed by atoms with Gasteiger partial charge in [-0.25, -0.2) is 4.98 Å². The Hall–Kier alpha value is -3.75. The molecule has 30 heavy (non-hydrogen) atoms. The van der Waals surface area contributed by atoms with E-state index in [-0.39, 0.29) is 6.04 Å². The summed E-state index contributed by atoms with van der Waals surface area (Å²) in [6.45, 7) is 4.78. The molecule has 1 atom stereocenters. The third-order valence-electron chi connectivity index (χ3n) is 5.10. The first-order valence-corrected chi connectivity index (χ1v) is 9.95. The van der Waals surface area contributed by atoms with Gasteiger partial charge >= 0.3 is 0 Å². The molecule has 5 rings (SSSR count). The van der Waals surface area contributed by atoms with E-state index >= 15 is 0 Å². The molecule has 9 nitrogen and oxygen atoms in total. The van der Waals surface area contributed by atoms with Crippen LogP contribution in [0.3, 0.4) is 0 Å². The Labute approximate surface area is 173 Å². The quantitative estimate of drug-likeness (QED) is 0.516. The zero-order chi connectivity index (χ0) is 20.5. The van der Waals surface area contributed by atoms with Gasteiger partial charge in [-0.15, -0.1) is 0 Å². The Kier molecular flexibility index (Phi) is 4.62. The lowest BCUT2D eigenvalue weighted by Crippen LogP contribution is -2.25. The number of aryl methyl sites for hydroxylation is 2. The van der Waals surface area contributed by atoms with Crippen molar-refractivity contribution in [2.24, 2.45) is 0 Å². The Balaban J connectivity index is 1.42. The molecule has 1 saturated heterocycles. The smallest absolute Gasteiger partial charge is 0.228 e. The van der Waals surface area contributed by atoms with E-state index in [9.17, 15) is 0 Å². The Morgan fingerprint density at radius 1 is 1.10 bits per heavy atom. The Bertz CT molecular complexity index is 1150. The molecule has 9 heteroatoms. The second-order valence-electron chi connectivity index (χ2n) is 7.44. The van der Waals surface area contributed by atoms with E-state index in [1.165, 1.54) is 0 Å². The van der Waals surface area contributed by atoms with Crippen LogP contribution in [0, 0.1) is 13.8 Å². The number of hydrogen-bond donors (Lipinski definition) is 2. The van der Waals surface area contributed by atoms with E-state index < -0.39 is 0 Å². The summed E-state index contributed by atoms with van der Waals surface area (Å²) >= 11 is 0. The maximum absolute atomic E-state index is 5.70. The van der Waals surface area contributed by atoms with Crippen LogP contribution in [0.25, 0.3) is 11.4 Å². The SMILES string of the molecule is Cc1cc(Nc2cc(C)[nH]n2)nc(N2CCC[C@H]2c2cc(-c3ccccn3)no2)n1. The van der Waals surface area contributed by atoms with Crippen LogP contribution in [0.1, 0.15) is 36.0 Å². The van der Waals surface area contributed by atoms with E-state index in [1.807, 2.05) is 50.2 Å². The first-order valence-electron chi connectivity index (χ1n) is 9.95. The van der Waals surface area contributed by atoms with Crippen LogP contribution in [-0.2, 0) is 0 Å². The van der Waals surface area contributed by atoms with E-state index in [4.69, 9.17) is 9.51 Å². The molecule has 4 aromatic rings. The summed E-state index contributed by atoms with van der Waals surface area (Å²) in [7, 11) is 0. The highest BCUT2D eigenvalue weighted by Gasteiger charge is 2.32. The minimum Gasteiger partial charge on any atom is -0.358 e. The van der Waals surface area contributed by atoms with Gasteiger partial charge in [0.15, 0.2) is 11.6 Å². The minimum atomic E-state index is 0.0391. The lowest BCUT2D eigenvalue weighted by atomic mass is 10.1. The van der Waals surface area contributed by atoms with Crippen molar-refractivity contribution in [1.29, 1.82) is 0 Å². The first kappa shape index (κ1) is 18.3. The molecule has 1 fully saturated rings. The van der Waals surface area contributed by atoms with Crippen molar-refractivity contribution in [3.8, 4) is 11.4 Å². The number of anilines is 3. The van der Waals surface area contributed by atoms with Crippen LogP contribution in [0.2, 0.25) is 0 Å². The Morgan fingerprint density at radius 3 is 2.83 bits per heavy atom. The van der Waals surface area contributed by atoms with Gasteiger partial charge in [0, 0.05) is 42.3 Å². The van der Waals surface area contributed by atoms with Crippen molar-refractivity contribution in [3.63, 3.8) is 0 Å². The van der Waals surface area contributed by atoms with Crippen molar-refractivity contribution in [3.05, 3.63) is 59.7 Å². The fourth-order valence-corrected chi connectivity index (χ4v) is 3.74. The second kappa shape index (κ2) is 7.58. The van der Waals surface area contributed by atoms with Crippen molar-refractivity contribution in [1.82, 2.24) is 30.3 Å². The molecule has 0 bridgehead atoms. The summed E-state index contributed by atoms with van der Waals surface area (Å²) in [6, 6.07) is 11.6. The molecule has 152 valence electrons. The molecule has 0 aromatic carbocycles. The largest absolute Gasteiger partial charge is 0.358 e.